The van der Waals surface area contributed by atoms with Gasteiger partial charge in [0.2, 0.25) is 11.8 Å². The zero-order valence-corrected chi connectivity index (χ0v) is 14.7. The van der Waals surface area contributed by atoms with Crippen molar-refractivity contribution in [1.82, 2.24) is 9.88 Å². The van der Waals surface area contributed by atoms with Gasteiger partial charge in [0.1, 0.15) is 11.6 Å². The van der Waals surface area contributed by atoms with E-state index in [1.807, 2.05) is 17.9 Å². The number of benzene rings is 2. The highest BCUT2D eigenvalue weighted by Crippen LogP contribution is 2.34. The molecule has 25 heavy (non-hydrogen) atoms. The second-order valence-electron chi connectivity index (χ2n) is 6.70. The van der Waals surface area contributed by atoms with Gasteiger partial charge in [-0.25, -0.2) is 4.98 Å². The molecule has 0 spiro atoms. The number of hydrogen-bond acceptors (Lipinski definition) is 3. The van der Waals surface area contributed by atoms with Crippen LogP contribution in [0.15, 0.2) is 46.9 Å². The van der Waals surface area contributed by atoms with Crippen LogP contribution in [-0.4, -0.2) is 22.3 Å². The Morgan fingerprint density at radius 3 is 2.88 bits per heavy atom. The number of likely N-dealkylation sites (tertiary alicyclic amines) is 1. The molecular weight excluding hydrogens is 312 g/mol. The average Bonchev–Trinajstić information content (AvgIpc) is 3.26. The van der Waals surface area contributed by atoms with Crippen molar-refractivity contribution < 1.29 is 9.21 Å². The first-order valence-corrected chi connectivity index (χ1v) is 8.92. The molecule has 1 fully saturated rings. The maximum absolute atomic E-state index is 12.1. The minimum atomic E-state index is -0.0257. The van der Waals surface area contributed by atoms with Gasteiger partial charge in [-0.1, -0.05) is 42.8 Å². The van der Waals surface area contributed by atoms with Crippen LogP contribution in [0, 0.1) is 6.92 Å². The smallest absolute Gasteiger partial charge is 0.222 e. The zero-order valence-electron chi connectivity index (χ0n) is 14.7. The van der Waals surface area contributed by atoms with Crippen LogP contribution in [0.2, 0.25) is 0 Å². The Labute approximate surface area is 147 Å². The van der Waals surface area contributed by atoms with E-state index in [4.69, 9.17) is 9.40 Å². The minimum absolute atomic E-state index is 0.0257. The standard InChI is InChI=1S/C21H22N2O2/c1-3-20(24)23-11-5-8-18(23)21-22-17-13-16(9-10-19(17)25-21)15-7-4-6-14(2)12-15/h4,6-7,9-10,12-13,18H,3,5,8,11H2,1-2H3. The van der Waals surface area contributed by atoms with E-state index >= 15 is 0 Å². The Balaban J connectivity index is 1.70. The first-order valence-electron chi connectivity index (χ1n) is 8.92. The summed E-state index contributed by atoms with van der Waals surface area (Å²) < 4.78 is 5.99. The highest BCUT2D eigenvalue weighted by atomic mass is 16.3. The quantitative estimate of drug-likeness (QED) is 0.686. The molecular formula is C21H22N2O2. The molecule has 0 aliphatic carbocycles. The minimum Gasteiger partial charge on any atom is -0.438 e. The summed E-state index contributed by atoms with van der Waals surface area (Å²) in [6, 6.07) is 14.5. The lowest BCUT2D eigenvalue weighted by Gasteiger charge is -2.21. The Hall–Kier alpha value is -2.62. The molecule has 0 radical (unpaired) electrons. The number of rotatable bonds is 3. The second-order valence-corrected chi connectivity index (χ2v) is 6.70. The number of carbonyl (C=O) groups is 1. The third kappa shape index (κ3) is 2.93. The molecule has 4 heteroatoms. The zero-order chi connectivity index (χ0) is 17.4. The summed E-state index contributed by atoms with van der Waals surface area (Å²) in [7, 11) is 0. The van der Waals surface area contributed by atoms with E-state index in [1.54, 1.807) is 0 Å². The summed E-state index contributed by atoms with van der Waals surface area (Å²) in [5.74, 6) is 0.834. The van der Waals surface area contributed by atoms with Crippen molar-refractivity contribution in [3.8, 4) is 11.1 Å². The fraction of sp³-hybridized carbons (Fsp3) is 0.333. The lowest BCUT2D eigenvalue weighted by Crippen LogP contribution is -2.29. The second kappa shape index (κ2) is 6.36. The molecule has 4 rings (SSSR count). The van der Waals surface area contributed by atoms with Gasteiger partial charge in [-0.2, -0.15) is 0 Å². The number of aryl methyl sites for hydroxylation is 1. The molecule has 1 saturated heterocycles. The van der Waals surface area contributed by atoms with Gasteiger partial charge in [-0.15, -0.1) is 0 Å². The van der Waals surface area contributed by atoms with Crippen LogP contribution in [0.5, 0.6) is 0 Å². The number of fused-ring (bicyclic) bond motifs is 1. The predicted molar refractivity (Wildman–Crippen MR) is 98.2 cm³/mol. The highest BCUT2D eigenvalue weighted by molar-refractivity contribution is 5.81. The Morgan fingerprint density at radius 2 is 2.08 bits per heavy atom. The van der Waals surface area contributed by atoms with Crippen LogP contribution in [0.4, 0.5) is 0 Å². The van der Waals surface area contributed by atoms with E-state index in [0.29, 0.717) is 12.3 Å². The van der Waals surface area contributed by atoms with Gasteiger partial charge < -0.3 is 9.32 Å². The summed E-state index contributed by atoms with van der Waals surface area (Å²) in [6.07, 6.45) is 2.45. The number of aromatic nitrogens is 1. The van der Waals surface area contributed by atoms with E-state index < -0.39 is 0 Å². The molecule has 0 saturated carbocycles. The lowest BCUT2D eigenvalue weighted by molar-refractivity contribution is -0.132. The van der Waals surface area contributed by atoms with Crippen LogP contribution >= 0.6 is 0 Å². The summed E-state index contributed by atoms with van der Waals surface area (Å²) in [5.41, 5.74) is 5.17. The van der Waals surface area contributed by atoms with Crippen molar-refractivity contribution in [2.45, 2.75) is 39.2 Å². The normalized spacial score (nSPS) is 17.4. The molecule has 0 N–H and O–H groups in total. The molecule has 4 nitrogen and oxygen atoms in total. The van der Waals surface area contributed by atoms with Crippen molar-refractivity contribution in [2.24, 2.45) is 0 Å². The summed E-state index contributed by atoms with van der Waals surface area (Å²) in [6.45, 7) is 4.79. The Bertz CT molecular complexity index is 929. The van der Waals surface area contributed by atoms with E-state index in [2.05, 4.69) is 43.3 Å². The van der Waals surface area contributed by atoms with Gasteiger partial charge in [0, 0.05) is 13.0 Å². The predicted octanol–water partition coefficient (Wildman–Crippen LogP) is 4.88. The van der Waals surface area contributed by atoms with E-state index in [9.17, 15) is 4.79 Å². The maximum atomic E-state index is 12.1. The number of hydrogen-bond donors (Lipinski definition) is 0. The Kier molecular flexibility index (Phi) is 4.04. The Morgan fingerprint density at radius 1 is 1.24 bits per heavy atom. The molecule has 3 aromatic rings. The van der Waals surface area contributed by atoms with Gasteiger partial charge in [0.25, 0.3) is 0 Å². The highest BCUT2D eigenvalue weighted by Gasteiger charge is 2.32. The SMILES string of the molecule is CCC(=O)N1CCCC1c1nc2cc(-c3cccc(C)c3)ccc2o1. The van der Waals surface area contributed by atoms with Crippen molar-refractivity contribution >= 4 is 17.0 Å². The molecule has 1 unspecified atom stereocenters. The summed E-state index contributed by atoms with van der Waals surface area (Å²) in [5, 5.41) is 0. The molecule has 2 aromatic carbocycles. The van der Waals surface area contributed by atoms with Crippen LogP contribution in [-0.2, 0) is 4.79 Å². The number of nitrogens with zero attached hydrogens (tertiary/aromatic N) is 2. The van der Waals surface area contributed by atoms with E-state index in [0.717, 1.165) is 36.0 Å². The van der Waals surface area contributed by atoms with Crippen molar-refractivity contribution in [3.05, 3.63) is 53.9 Å². The fourth-order valence-electron chi connectivity index (χ4n) is 3.62. The third-order valence-electron chi connectivity index (χ3n) is 4.92. The lowest BCUT2D eigenvalue weighted by atomic mass is 10.0. The average molecular weight is 334 g/mol. The third-order valence-corrected chi connectivity index (χ3v) is 4.92. The van der Waals surface area contributed by atoms with Gasteiger partial charge in [0.05, 0.1) is 0 Å². The summed E-state index contributed by atoms with van der Waals surface area (Å²) in [4.78, 5) is 18.8. The first kappa shape index (κ1) is 15.9. The van der Waals surface area contributed by atoms with Crippen molar-refractivity contribution in [1.29, 1.82) is 0 Å². The van der Waals surface area contributed by atoms with Gasteiger partial charge in [0.15, 0.2) is 5.58 Å². The molecule has 1 aliphatic heterocycles. The van der Waals surface area contributed by atoms with Gasteiger partial charge in [-0.05, 0) is 43.0 Å². The van der Waals surface area contributed by atoms with Gasteiger partial charge in [-0.3, -0.25) is 4.79 Å². The van der Waals surface area contributed by atoms with Crippen LogP contribution < -0.4 is 0 Å². The molecule has 1 amide bonds. The molecule has 128 valence electrons. The fourth-order valence-corrected chi connectivity index (χ4v) is 3.62. The maximum Gasteiger partial charge on any atom is 0.222 e. The van der Waals surface area contributed by atoms with Crippen LogP contribution in [0.25, 0.3) is 22.2 Å². The van der Waals surface area contributed by atoms with Crippen LogP contribution in [0.1, 0.15) is 43.7 Å². The molecule has 1 aromatic heterocycles. The molecule has 2 heterocycles. The molecule has 0 bridgehead atoms. The first-order chi connectivity index (χ1) is 12.2. The molecule has 1 aliphatic rings. The largest absolute Gasteiger partial charge is 0.438 e. The number of amides is 1. The molecule has 1 atom stereocenters. The van der Waals surface area contributed by atoms with Crippen molar-refractivity contribution in [3.63, 3.8) is 0 Å². The van der Waals surface area contributed by atoms with E-state index in [1.165, 1.54) is 11.1 Å². The monoisotopic (exact) mass is 334 g/mol. The topological polar surface area (TPSA) is 46.3 Å². The van der Waals surface area contributed by atoms with Crippen molar-refractivity contribution in [2.75, 3.05) is 6.54 Å². The van der Waals surface area contributed by atoms with Crippen LogP contribution in [0.3, 0.4) is 0 Å². The summed E-state index contributed by atoms with van der Waals surface area (Å²) >= 11 is 0. The van der Waals surface area contributed by atoms with E-state index in [-0.39, 0.29) is 11.9 Å². The number of carbonyl (C=O) groups excluding carboxylic acids is 1. The number of oxazole rings is 1. The van der Waals surface area contributed by atoms with Gasteiger partial charge >= 0.3 is 0 Å².